The fraction of sp³-hybridized carbons (Fsp3) is 0.154. The summed E-state index contributed by atoms with van der Waals surface area (Å²) in [5.41, 5.74) is 6.05. The SMILES string of the molecule is C[C@H](N)c1ccnc(Oc2ccc(F)cc2[N+](=O)[O-])c1. The molecule has 1 aromatic heterocycles. The van der Waals surface area contributed by atoms with Crippen molar-refractivity contribution in [3.63, 3.8) is 0 Å². The van der Waals surface area contributed by atoms with Gasteiger partial charge in [0.2, 0.25) is 11.6 Å². The van der Waals surface area contributed by atoms with E-state index < -0.39 is 16.4 Å². The minimum atomic E-state index is -0.714. The van der Waals surface area contributed by atoms with Crippen LogP contribution in [0.2, 0.25) is 0 Å². The Hall–Kier alpha value is -2.54. The number of nitro groups is 1. The van der Waals surface area contributed by atoms with Crippen molar-refractivity contribution in [3.05, 3.63) is 58.0 Å². The molecule has 7 heteroatoms. The lowest BCUT2D eigenvalue weighted by molar-refractivity contribution is -0.385. The van der Waals surface area contributed by atoms with Gasteiger partial charge in [-0.15, -0.1) is 0 Å². The van der Waals surface area contributed by atoms with Crippen LogP contribution < -0.4 is 10.5 Å². The van der Waals surface area contributed by atoms with Crippen LogP contribution in [0.4, 0.5) is 10.1 Å². The van der Waals surface area contributed by atoms with Crippen LogP contribution >= 0.6 is 0 Å². The Labute approximate surface area is 114 Å². The number of aromatic nitrogens is 1. The first-order valence-corrected chi connectivity index (χ1v) is 5.80. The predicted octanol–water partition coefficient (Wildman–Crippen LogP) is 2.94. The van der Waals surface area contributed by atoms with Gasteiger partial charge in [0.05, 0.1) is 11.0 Å². The van der Waals surface area contributed by atoms with E-state index in [1.165, 1.54) is 12.3 Å². The summed E-state index contributed by atoms with van der Waals surface area (Å²) in [7, 11) is 0. The molecule has 0 aliphatic carbocycles. The van der Waals surface area contributed by atoms with E-state index >= 15 is 0 Å². The Morgan fingerprint density at radius 1 is 1.40 bits per heavy atom. The number of nitro benzene ring substituents is 1. The Kier molecular flexibility index (Phi) is 3.90. The van der Waals surface area contributed by atoms with Crippen LogP contribution in [0.5, 0.6) is 11.6 Å². The topological polar surface area (TPSA) is 91.3 Å². The van der Waals surface area contributed by atoms with E-state index in [1.54, 1.807) is 19.1 Å². The molecule has 0 saturated heterocycles. The molecule has 0 bridgehead atoms. The summed E-state index contributed by atoms with van der Waals surface area (Å²) >= 11 is 0. The number of nitrogens with two attached hydrogens (primary N) is 1. The molecular formula is C13H12FN3O3. The van der Waals surface area contributed by atoms with Crippen LogP contribution in [0.25, 0.3) is 0 Å². The predicted molar refractivity (Wildman–Crippen MR) is 70.0 cm³/mol. The highest BCUT2D eigenvalue weighted by atomic mass is 19.1. The second-order valence-electron chi connectivity index (χ2n) is 4.19. The third kappa shape index (κ3) is 3.07. The highest BCUT2D eigenvalue weighted by molar-refractivity contribution is 5.48. The Morgan fingerprint density at radius 2 is 2.15 bits per heavy atom. The summed E-state index contributed by atoms with van der Waals surface area (Å²) in [6, 6.07) is 6.15. The van der Waals surface area contributed by atoms with Crippen LogP contribution in [0, 0.1) is 15.9 Å². The van der Waals surface area contributed by atoms with Crippen molar-refractivity contribution in [3.8, 4) is 11.6 Å². The van der Waals surface area contributed by atoms with Gasteiger partial charge in [-0.2, -0.15) is 0 Å². The normalized spacial score (nSPS) is 11.9. The van der Waals surface area contributed by atoms with E-state index in [2.05, 4.69) is 4.98 Å². The summed E-state index contributed by atoms with van der Waals surface area (Å²) in [6.45, 7) is 1.79. The summed E-state index contributed by atoms with van der Waals surface area (Å²) in [6.07, 6.45) is 1.49. The molecule has 6 nitrogen and oxygen atoms in total. The number of hydrogen-bond donors (Lipinski definition) is 1. The van der Waals surface area contributed by atoms with Gasteiger partial charge in [-0.1, -0.05) is 0 Å². The molecule has 0 aliphatic heterocycles. The maximum atomic E-state index is 13.0. The highest BCUT2D eigenvalue weighted by Crippen LogP contribution is 2.31. The molecule has 0 spiro atoms. The molecule has 1 atom stereocenters. The fourth-order valence-corrected chi connectivity index (χ4v) is 1.60. The molecule has 0 amide bonds. The third-order valence-corrected chi connectivity index (χ3v) is 2.62. The van der Waals surface area contributed by atoms with Gasteiger partial charge in [0.1, 0.15) is 5.82 Å². The highest BCUT2D eigenvalue weighted by Gasteiger charge is 2.17. The summed E-state index contributed by atoms with van der Waals surface area (Å²) < 4.78 is 18.4. The van der Waals surface area contributed by atoms with Gasteiger partial charge >= 0.3 is 5.69 Å². The molecule has 104 valence electrons. The zero-order valence-corrected chi connectivity index (χ0v) is 10.6. The summed E-state index contributed by atoms with van der Waals surface area (Å²) in [4.78, 5) is 14.1. The third-order valence-electron chi connectivity index (χ3n) is 2.62. The standard InChI is InChI=1S/C13H12FN3O3/c1-8(15)9-4-5-16-13(6-9)20-12-3-2-10(14)7-11(12)17(18)19/h2-8H,15H2,1H3/t8-/m0/s1. The zero-order valence-electron chi connectivity index (χ0n) is 10.6. The number of rotatable bonds is 4. The second kappa shape index (κ2) is 5.62. The smallest absolute Gasteiger partial charge is 0.314 e. The molecular weight excluding hydrogens is 265 g/mol. The summed E-state index contributed by atoms with van der Waals surface area (Å²) in [5, 5.41) is 10.9. The first kappa shape index (κ1) is 13.9. The second-order valence-corrected chi connectivity index (χ2v) is 4.19. The van der Waals surface area contributed by atoms with Gasteiger partial charge in [-0.3, -0.25) is 10.1 Å². The van der Waals surface area contributed by atoms with Gasteiger partial charge in [0.25, 0.3) is 0 Å². The molecule has 0 saturated carbocycles. The van der Waals surface area contributed by atoms with Crippen molar-refractivity contribution in [2.75, 3.05) is 0 Å². The van der Waals surface area contributed by atoms with Crippen molar-refractivity contribution in [1.29, 1.82) is 0 Å². The lowest BCUT2D eigenvalue weighted by Gasteiger charge is -2.09. The van der Waals surface area contributed by atoms with Gasteiger partial charge in [-0.05, 0) is 30.7 Å². The van der Waals surface area contributed by atoms with E-state index in [0.717, 1.165) is 17.7 Å². The molecule has 0 radical (unpaired) electrons. The summed E-state index contributed by atoms with van der Waals surface area (Å²) in [5.74, 6) is -0.624. The van der Waals surface area contributed by atoms with E-state index in [9.17, 15) is 14.5 Å². The number of ether oxygens (including phenoxy) is 1. The van der Waals surface area contributed by atoms with Crippen LogP contribution in [0.1, 0.15) is 18.5 Å². The van der Waals surface area contributed by atoms with Crippen molar-refractivity contribution >= 4 is 5.69 Å². The van der Waals surface area contributed by atoms with Crippen LogP contribution in [0.15, 0.2) is 36.5 Å². The maximum Gasteiger partial charge on any atom is 0.314 e. The largest absolute Gasteiger partial charge is 0.432 e. The number of nitrogens with zero attached hydrogens (tertiary/aromatic N) is 2. The maximum absolute atomic E-state index is 13.0. The molecule has 2 rings (SSSR count). The van der Waals surface area contributed by atoms with E-state index in [1.807, 2.05) is 0 Å². The average molecular weight is 277 g/mol. The quantitative estimate of drug-likeness (QED) is 0.685. The molecule has 1 aromatic carbocycles. The van der Waals surface area contributed by atoms with E-state index in [4.69, 9.17) is 10.5 Å². The number of benzene rings is 1. The lowest BCUT2D eigenvalue weighted by Crippen LogP contribution is -2.05. The first-order chi connectivity index (χ1) is 9.47. The monoisotopic (exact) mass is 277 g/mol. The number of halogens is 1. The fourth-order valence-electron chi connectivity index (χ4n) is 1.60. The van der Waals surface area contributed by atoms with Crippen molar-refractivity contribution < 1.29 is 14.1 Å². The van der Waals surface area contributed by atoms with Gasteiger partial charge in [-0.25, -0.2) is 9.37 Å². The van der Waals surface area contributed by atoms with Gasteiger partial charge in [0, 0.05) is 18.3 Å². The van der Waals surface area contributed by atoms with E-state index in [-0.39, 0.29) is 17.7 Å². The Morgan fingerprint density at radius 3 is 2.80 bits per heavy atom. The lowest BCUT2D eigenvalue weighted by atomic mass is 10.1. The van der Waals surface area contributed by atoms with Crippen LogP contribution in [-0.2, 0) is 0 Å². The van der Waals surface area contributed by atoms with Crippen molar-refractivity contribution in [1.82, 2.24) is 4.98 Å². The Bertz CT molecular complexity index is 647. The van der Waals surface area contributed by atoms with Gasteiger partial charge in [0.15, 0.2) is 0 Å². The molecule has 2 N–H and O–H groups in total. The van der Waals surface area contributed by atoms with Gasteiger partial charge < -0.3 is 10.5 Å². The zero-order chi connectivity index (χ0) is 14.7. The Balaban J connectivity index is 2.35. The number of pyridine rings is 1. The molecule has 0 fully saturated rings. The minimum Gasteiger partial charge on any atom is -0.432 e. The first-order valence-electron chi connectivity index (χ1n) is 5.80. The van der Waals surface area contributed by atoms with E-state index in [0.29, 0.717) is 0 Å². The molecule has 0 aliphatic rings. The van der Waals surface area contributed by atoms with Crippen molar-refractivity contribution in [2.45, 2.75) is 13.0 Å². The number of hydrogen-bond acceptors (Lipinski definition) is 5. The van der Waals surface area contributed by atoms with Crippen LogP contribution in [-0.4, -0.2) is 9.91 Å². The molecule has 0 unspecified atom stereocenters. The molecule has 20 heavy (non-hydrogen) atoms. The minimum absolute atomic E-state index is 0.0780. The molecule has 2 aromatic rings. The van der Waals surface area contributed by atoms with Crippen molar-refractivity contribution in [2.24, 2.45) is 5.73 Å². The van der Waals surface area contributed by atoms with Crippen LogP contribution in [0.3, 0.4) is 0 Å². The molecule has 1 heterocycles. The average Bonchev–Trinajstić information content (AvgIpc) is 2.41.